The fraction of sp³-hybridized carbons (Fsp3) is 0.353. The second-order valence-electron chi connectivity index (χ2n) is 5.93. The van der Waals surface area contributed by atoms with Crippen molar-refractivity contribution in [3.63, 3.8) is 0 Å². The van der Waals surface area contributed by atoms with Crippen molar-refractivity contribution in [1.29, 1.82) is 0 Å². The van der Waals surface area contributed by atoms with Crippen molar-refractivity contribution >= 4 is 29.3 Å². The maximum absolute atomic E-state index is 10.9. The Morgan fingerprint density at radius 1 is 1.27 bits per heavy atom. The Hall–Kier alpha value is -2.74. The van der Waals surface area contributed by atoms with Crippen LogP contribution in [-0.4, -0.2) is 34.2 Å². The van der Waals surface area contributed by atoms with E-state index in [0.29, 0.717) is 16.5 Å². The molecule has 0 radical (unpaired) electrons. The van der Waals surface area contributed by atoms with Gasteiger partial charge in [-0.1, -0.05) is 25.4 Å². The maximum atomic E-state index is 10.9. The third-order valence-electron chi connectivity index (χ3n) is 3.63. The van der Waals surface area contributed by atoms with Crippen molar-refractivity contribution in [3.8, 4) is 17.2 Å². The van der Waals surface area contributed by atoms with Gasteiger partial charge in [0.15, 0.2) is 11.6 Å². The molecule has 0 spiro atoms. The summed E-state index contributed by atoms with van der Waals surface area (Å²) >= 11 is 6.19. The number of methoxy groups -OCH3 is 1. The fourth-order valence-electron chi connectivity index (χ4n) is 2.15. The van der Waals surface area contributed by atoms with E-state index in [1.165, 1.54) is 13.1 Å². The molecular weight excluding hydrogens is 360 g/mol. The molecule has 1 aromatic heterocycles. The highest BCUT2D eigenvalue weighted by atomic mass is 35.5. The van der Waals surface area contributed by atoms with Gasteiger partial charge in [0, 0.05) is 11.6 Å². The molecule has 0 aliphatic heterocycles. The molecule has 0 aliphatic carbocycles. The van der Waals surface area contributed by atoms with Gasteiger partial charge in [-0.2, -0.15) is 4.98 Å². The quantitative estimate of drug-likeness (QED) is 0.667. The third kappa shape index (κ3) is 4.45. The van der Waals surface area contributed by atoms with E-state index in [9.17, 15) is 4.79 Å². The van der Waals surface area contributed by atoms with Gasteiger partial charge in [0.25, 0.3) is 0 Å². The molecule has 1 atom stereocenters. The third-order valence-corrected chi connectivity index (χ3v) is 3.92. The molecule has 26 heavy (non-hydrogen) atoms. The number of aromatic nitrogens is 2. The fourth-order valence-corrected chi connectivity index (χ4v) is 2.38. The summed E-state index contributed by atoms with van der Waals surface area (Å²) in [6.07, 6.45) is 1.38. The molecule has 0 bridgehead atoms. The number of hydrogen-bond acceptors (Lipinski definition) is 7. The Balaban J connectivity index is 2.31. The number of anilines is 2. The van der Waals surface area contributed by atoms with Gasteiger partial charge < -0.3 is 25.6 Å². The molecule has 8 nitrogen and oxygen atoms in total. The monoisotopic (exact) mass is 380 g/mol. The molecule has 0 fully saturated rings. The van der Waals surface area contributed by atoms with Crippen LogP contribution in [0.15, 0.2) is 18.3 Å². The van der Waals surface area contributed by atoms with Gasteiger partial charge >= 0.3 is 5.97 Å². The number of nitrogens with one attached hydrogen (secondary N) is 1. The second-order valence-corrected chi connectivity index (χ2v) is 6.34. The standard InChI is InChI=1S/C17H21ClN4O4/c1-8(2)10-5-13(25-4)11(18)6-12(10)26-14-7-20-17(22-15(14)19)21-9(3)16(23)24/h5-9H,1-4H3,(H,23,24)(H3,19,20,21,22). The van der Waals surface area contributed by atoms with Gasteiger partial charge in [-0.3, -0.25) is 4.79 Å². The number of halogens is 1. The lowest BCUT2D eigenvalue weighted by Crippen LogP contribution is -2.26. The molecule has 0 saturated heterocycles. The first-order valence-corrected chi connectivity index (χ1v) is 8.27. The Kier molecular flexibility index (Phi) is 6.10. The zero-order valence-corrected chi connectivity index (χ0v) is 15.7. The number of nitrogens with zero attached hydrogens (tertiary/aromatic N) is 2. The summed E-state index contributed by atoms with van der Waals surface area (Å²) in [6, 6.07) is 2.60. The number of carboxylic acid groups (broad SMARTS) is 1. The van der Waals surface area contributed by atoms with Crippen molar-refractivity contribution < 1.29 is 19.4 Å². The molecule has 0 aliphatic rings. The Morgan fingerprint density at radius 3 is 2.50 bits per heavy atom. The molecule has 0 saturated carbocycles. The van der Waals surface area contributed by atoms with Crippen LogP contribution in [0.3, 0.4) is 0 Å². The van der Waals surface area contributed by atoms with Crippen molar-refractivity contribution in [3.05, 3.63) is 28.9 Å². The summed E-state index contributed by atoms with van der Waals surface area (Å²) in [5.41, 5.74) is 6.80. The van der Waals surface area contributed by atoms with E-state index >= 15 is 0 Å². The first-order valence-electron chi connectivity index (χ1n) is 7.90. The molecule has 1 unspecified atom stereocenters. The topological polar surface area (TPSA) is 120 Å². The molecule has 1 aromatic carbocycles. The van der Waals surface area contributed by atoms with Crippen molar-refractivity contribution in [2.75, 3.05) is 18.2 Å². The largest absolute Gasteiger partial charge is 0.495 e. The van der Waals surface area contributed by atoms with Gasteiger partial charge in [-0.05, 0) is 18.9 Å². The van der Waals surface area contributed by atoms with Crippen LogP contribution >= 0.6 is 11.6 Å². The maximum Gasteiger partial charge on any atom is 0.325 e. The highest BCUT2D eigenvalue weighted by Crippen LogP contribution is 2.39. The predicted molar refractivity (Wildman–Crippen MR) is 99.3 cm³/mol. The molecule has 9 heteroatoms. The molecular formula is C17H21ClN4O4. The minimum atomic E-state index is -1.03. The highest BCUT2D eigenvalue weighted by Gasteiger charge is 2.17. The summed E-state index contributed by atoms with van der Waals surface area (Å²) in [6.45, 7) is 5.49. The van der Waals surface area contributed by atoms with Gasteiger partial charge in [-0.15, -0.1) is 0 Å². The van der Waals surface area contributed by atoms with Crippen LogP contribution in [0.4, 0.5) is 11.8 Å². The molecule has 4 N–H and O–H groups in total. The zero-order valence-electron chi connectivity index (χ0n) is 14.9. The molecule has 140 valence electrons. The number of ether oxygens (including phenoxy) is 2. The summed E-state index contributed by atoms with van der Waals surface area (Å²) in [5, 5.41) is 12.0. The van der Waals surface area contributed by atoms with E-state index in [1.807, 2.05) is 19.9 Å². The average Bonchev–Trinajstić information content (AvgIpc) is 2.57. The van der Waals surface area contributed by atoms with E-state index in [2.05, 4.69) is 15.3 Å². The molecule has 2 aromatic rings. The van der Waals surface area contributed by atoms with E-state index in [-0.39, 0.29) is 23.4 Å². The average molecular weight is 381 g/mol. The second kappa shape index (κ2) is 8.09. The van der Waals surface area contributed by atoms with Crippen LogP contribution in [-0.2, 0) is 4.79 Å². The predicted octanol–water partition coefficient (Wildman–Crippen LogP) is 3.52. The van der Waals surface area contributed by atoms with E-state index in [4.69, 9.17) is 31.9 Å². The SMILES string of the molecule is COc1cc(C(C)C)c(Oc2cnc(NC(C)C(=O)O)nc2N)cc1Cl. The van der Waals surface area contributed by atoms with Crippen LogP contribution in [0, 0.1) is 0 Å². The van der Waals surface area contributed by atoms with Gasteiger partial charge in [0.2, 0.25) is 5.95 Å². The van der Waals surface area contributed by atoms with E-state index in [1.54, 1.807) is 13.2 Å². The number of carbonyl (C=O) groups is 1. The van der Waals surface area contributed by atoms with Crippen molar-refractivity contribution in [2.24, 2.45) is 0 Å². The molecule has 2 rings (SSSR count). The first kappa shape index (κ1) is 19.6. The summed E-state index contributed by atoms with van der Waals surface area (Å²) < 4.78 is 11.1. The summed E-state index contributed by atoms with van der Waals surface area (Å²) in [7, 11) is 1.54. The molecule has 1 heterocycles. The number of nitrogen functional groups attached to an aromatic ring is 1. The normalized spacial score (nSPS) is 11.9. The molecule has 0 amide bonds. The number of benzene rings is 1. The number of aliphatic carboxylic acids is 1. The number of hydrogen-bond donors (Lipinski definition) is 3. The summed E-state index contributed by atoms with van der Waals surface area (Å²) in [4.78, 5) is 19.0. The Labute approximate surface area is 156 Å². The minimum absolute atomic E-state index is 0.0711. The van der Waals surface area contributed by atoms with Crippen LogP contribution in [0.1, 0.15) is 32.3 Å². The lowest BCUT2D eigenvalue weighted by Gasteiger charge is -2.17. The number of carboxylic acids is 1. The van der Waals surface area contributed by atoms with Gasteiger partial charge in [0.1, 0.15) is 17.5 Å². The number of rotatable bonds is 7. The van der Waals surface area contributed by atoms with Crippen LogP contribution in [0.2, 0.25) is 5.02 Å². The van der Waals surface area contributed by atoms with Gasteiger partial charge in [-0.25, -0.2) is 4.98 Å². The lowest BCUT2D eigenvalue weighted by molar-refractivity contribution is -0.137. The Morgan fingerprint density at radius 2 is 1.96 bits per heavy atom. The van der Waals surface area contributed by atoms with Crippen LogP contribution in [0.5, 0.6) is 17.2 Å². The number of nitrogens with two attached hydrogens (primary N) is 1. The smallest absolute Gasteiger partial charge is 0.325 e. The highest BCUT2D eigenvalue weighted by molar-refractivity contribution is 6.32. The van der Waals surface area contributed by atoms with Crippen LogP contribution in [0.25, 0.3) is 0 Å². The zero-order chi connectivity index (χ0) is 19.4. The van der Waals surface area contributed by atoms with Gasteiger partial charge in [0.05, 0.1) is 18.3 Å². The van der Waals surface area contributed by atoms with E-state index in [0.717, 1.165) is 5.56 Å². The summed E-state index contributed by atoms with van der Waals surface area (Å²) in [5.74, 6) is 0.595. The van der Waals surface area contributed by atoms with Crippen LogP contribution < -0.4 is 20.5 Å². The first-order chi connectivity index (χ1) is 12.2. The van der Waals surface area contributed by atoms with Crippen molar-refractivity contribution in [2.45, 2.75) is 32.7 Å². The Bertz CT molecular complexity index is 814. The lowest BCUT2D eigenvalue weighted by atomic mass is 10.0. The minimum Gasteiger partial charge on any atom is -0.495 e. The van der Waals surface area contributed by atoms with Crippen molar-refractivity contribution in [1.82, 2.24) is 9.97 Å². The van der Waals surface area contributed by atoms with E-state index < -0.39 is 12.0 Å².